The molecule has 0 rings (SSSR count). The lowest BCUT2D eigenvalue weighted by molar-refractivity contribution is 0.0424. The summed E-state index contributed by atoms with van der Waals surface area (Å²) in [6.45, 7) is 8.12. The molecule has 0 aromatic heterocycles. The van der Waals surface area contributed by atoms with E-state index in [1.807, 2.05) is 0 Å². The number of hydrogen-bond donors (Lipinski definition) is 2. The Morgan fingerprint density at radius 3 is 2.25 bits per heavy atom. The summed E-state index contributed by atoms with van der Waals surface area (Å²) in [6.07, 6.45) is 2.99. The van der Waals surface area contributed by atoms with Crippen LogP contribution in [0, 0.1) is 0 Å². The van der Waals surface area contributed by atoms with Gasteiger partial charge in [0.2, 0.25) is 0 Å². The zero-order valence-electron chi connectivity index (χ0n) is 10.7. The average molecular weight is 233 g/mol. The molecule has 1 atom stereocenters. The van der Waals surface area contributed by atoms with Crippen LogP contribution in [-0.4, -0.2) is 50.7 Å². The summed E-state index contributed by atoms with van der Waals surface area (Å²) in [4.78, 5) is 0. The van der Waals surface area contributed by atoms with E-state index in [1.54, 1.807) is 0 Å². The fourth-order valence-corrected chi connectivity index (χ4v) is 1.30. The van der Waals surface area contributed by atoms with E-state index in [0.717, 1.165) is 32.4 Å². The smallest absolute Gasteiger partial charge is 0.0700 e. The molecule has 0 aromatic rings. The predicted octanol–water partition coefficient (Wildman–Crippen LogP) is 1.18. The zero-order chi connectivity index (χ0) is 12.1. The highest BCUT2D eigenvalue weighted by Crippen LogP contribution is 1.93. The predicted molar refractivity (Wildman–Crippen MR) is 65.7 cm³/mol. The minimum atomic E-state index is 0.163. The maximum atomic E-state index is 9.08. The van der Waals surface area contributed by atoms with Gasteiger partial charge < -0.3 is 19.9 Å². The van der Waals surface area contributed by atoms with Crippen molar-refractivity contribution in [3.05, 3.63) is 0 Å². The summed E-state index contributed by atoms with van der Waals surface area (Å²) >= 11 is 0. The van der Waals surface area contributed by atoms with Gasteiger partial charge in [-0.3, -0.25) is 0 Å². The zero-order valence-corrected chi connectivity index (χ0v) is 10.7. The van der Waals surface area contributed by atoms with Gasteiger partial charge in [-0.2, -0.15) is 0 Å². The largest absolute Gasteiger partial charge is 0.395 e. The molecule has 1 unspecified atom stereocenters. The first-order chi connectivity index (χ1) is 7.85. The van der Waals surface area contributed by atoms with Crippen molar-refractivity contribution in [1.29, 1.82) is 0 Å². The van der Waals surface area contributed by atoms with Crippen molar-refractivity contribution >= 4 is 0 Å². The van der Waals surface area contributed by atoms with E-state index in [2.05, 4.69) is 19.2 Å². The van der Waals surface area contributed by atoms with Gasteiger partial charge in [-0.1, -0.05) is 13.8 Å². The minimum Gasteiger partial charge on any atom is -0.395 e. The van der Waals surface area contributed by atoms with Gasteiger partial charge in [0.1, 0.15) is 0 Å². The maximum absolute atomic E-state index is 9.08. The number of ether oxygens (including phenoxy) is 2. The minimum absolute atomic E-state index is 0.163. The topological polar surface area (TPSA) is 50.7 Å². The number of nitrogens with one attached hydrogen (secondary N) is 1. The first kappa shape index (κ1) is 15.8. The summed E-state index contributed by atoms with van der Waals surface area (Å²) in [5.74, 6) is 0. The molecule has 16 heavy (non-hydrogen) atoms. The van der Waals surface area contributed by atoms with Crippen LogP contribution >= 0.6 is 0 Å². The molecule has 0 aliphatic carbocycles. The summed E-state index contributed by atoms with van der Waals surface area (Å²) in [6, 6.07) is 0.163. The Balaban J connectivity index is 3.20. The van der Waals surface area contributed by atoms with Crippen molar-refractivity contribution in [2.75, 3.05) is 39.6 Å². The van der Waals surface area contributed by atoms with E-state index in [0.29, 0.717) is 19.8 Å². The molecule has 0 radical (unpaired) electrons. The number of rotatable bonds is 12. The molecule has 0 amide bonds. The van der Waals surface area contributed by atoms with Crippen LogP contribution in [0.3, 0.4) is 0 Å². The average Bonchev–Trinajstić information content (AvgIpc) is 2.32. The monoisotopic (exact) mass is 233 g/mol. The molecular formula is C12H27NO3. The van der Waals surface area contributed by atoms with Crippen molar-refractivity contribution in [3.63, 3.8) is 0 Å². The second-order valence-corrected chi connectivity index (χ2v) is 3.85. The Hall–Kier alpha value is -0.160. The highest BCUT2D eigenvalue weighted by molar-refractivity contribution is 4.64. The summed E-state index contributed by atoms with van der Waals surface area (Å²) in [5.41, 5.74) is 0. The lowest BCUT2D eigenvalue weighted by Gasteiger charge is -2.15. The van der Waals surface area contributed by atoms with Gasteiger partial charge in [-0.15, -0.1) is 0 Å². The number of aliphatic hydroxyl groups is 1. The SMILES string of the molecule is CCCNC(CO)CCOCCOCCC. The second-order valence-electron chi connectivity index (χ2n) is 3.85. The summed E-state index contributed by atoms with van der Waals surface area (Å²) < 4.78 is 10.7. The molecule has 0 saturated carbocycles. The lowest BCUT2D eigenvalue weighted by atomic mass is 10.2. The van der Waals surface area contributed by atoms with Gasteiger partial charge in [0.15, 0.2) is 0 Å². The molecule has 98 valence electrons. The highest BCUT2D eigenvalue weighted by Gasteiger charge is 2.04. The molecule has 0 bridgehead atoms. The molecule has 2 N–H and O–H groups in total. The molecule has 4 heteroatoms. The fourth-order valence-electron chi connectivity index (χ4n) is 1.30. The molecule has 0 spiro atoms. The van der Waals surface area contributed by atoms with E-state index < -0.39 is 0 Å². The van der Waals surface area contributed by atoms with Crippen LogP contribution in [0.25, 0.3) is 0 Å². The van der Waals surface area contributed by atoms with Gasteiger partial charge in [0.05, 0.1) is 19.8 Å². The summed E-state index contributed by atoms with van der Waals surface area (Å²) in [7, 11) is 0. The van der Waals surface area contributed by atoms with Crippen molar-refractivity contribution < 1.29 is 14.6 Å². The molecule has 0 saturated heterocycles. The number of hydrogen-bond acceptors (Lipinski definition) is 4. The van der Waals surface area contributed by atoms with Crippen LogP contribution in [0.1, 0.15) is 33.1 Å². The lowest BCUT2D eigenvalue weighted by Crippen LogP contribution is -2.34. The van der Waals surface area contributed by atoms with Crippen LogP contribution in [0.2, 0.25) is 0 Å². The van der Waals surface area contributed by atoms with Gasteiger partial charge in [-0.25, -0.2) is 0 Å². The Kier molecular flexibility index (Phi) is 12.8. The van der Waals surface area contributed by atoms with E-state index >= 15 is 0 Å². The first-order valence-corrected chi connectivity index (χ1v) is 6.34. The van der Waals surface area contributed by atoms with Gasteiger partial charge in [0, 0.05) is 19.3 Å². The van der Waals surface area contributed by atoms with Crippen LogP contribution in [0.4, 0.5) is 0 Å². The Morgan fingerprint density at radius 1 is 1.00 bits per heavy atom. The molecule has 0 aromatic carbocycles. The molecule has 0 aliphatic heterocycles. The van der Waals surface area contributed by atoms with Gasteiger partial charge in [-0.05, 0) is 25.8 Å². The van der Waals surface area contributed by atoms with Crippen LogP contribution in [-0.2, 0) is 9.47 Å². The van der Waals surface area contributed by atoms with E-state index in [4.69, 9.17) is 14.6 Å². The van der Waals surface area contributed by atoms with E-state index in [-0.39, 0.29) is 12.6 Å². The highest BCUT2D eigenvalue weighted by atomic mass is 16.5. The number of aliphatic hydroxyl groups excluding tert-OH is 1. The van der Waals surface area contributed by atoms with Crippen molar-refractivity contribution in [2.45, 2.75) is 39.2 Å². The molecule has 0 heterocycles. The third-order valence-corrected chi connectivity index (χ3v) is 2.23. The van der Waals surface area contributed by atoms with Crippen LogP contribution in [0.5, 0.6) is 0 Å². The van der Waals surface area contributed by atoms with Crippen molar-refractivity contribution in [3.8, 4) is 0 Å². The third-order valence-electron chi connectivity index (χ3n) is 2.23. The molecular weight excluding hydrogens is 206 g/mol. The van der Waals surface area contributed by atoms with Crippen molar-refractivity contribution in [1.82, 2.24) is 5.32 Å². The fraction of sp³-hybridized carbons (Fsp3) is 1.00. The third kappa shape index (κ3) is 10.4. The Bertz CT molecular complexity index is 133. The maximum Gasteiger partial charge on any atom is 0.0700 e. The standard InChI is InChI=1S/C12H27NO3/c1-3-6-13-12(11-14)5-8-16-10-9-15-7-4-2/h12-14H,3-11H2,1-2H3. The van der Waals surface area contributed by atoms with Gasteiger partial charge >= 0.3 is 0 Å². The van der Waals surface area contributed by atoms with E-state index in [9.17, 15) is 0 Å². The van der Waals surface area contributed by atoms with E-state index in [1.165, 1.54) is 0 Å². The molecule has 4 nitrogen and oxygen atoms in total. The quantitative estimate of drug-likeness (QED) is 0.497. The van der Waals surface area contributed by atoms with Crippen molar-refractivity contribution in [2.24, 2.45) is 0 Å². The Labute approximate surface area is 99.3 Å². The molecule has 0 aliphatic rings. The molecule has 0 fully saturated rings. The Morgan fingerprint density at radius 2 is 1.69 bits per heavy atom. The summed E-state index contributed by atoms with van der Waals surface area (Å²) in [5, 5.41) is 12.4. The van der Waals surface area contributed by atoms with Crippen LogP contribution in [0.15, 0.2) is 0 Å². The van der Waals surface area contributed by atoms with Crippen LogP contribution < -0.4 is 5.32 Å². The second kappa shape index (κ2) is 12.9. The van der Waals surface area contributed by atoms with Gasteiger partial charge in [0.25, 0.3) is 0 Å². The first-order valence-electron chi connectivity index (χ1n) is 6.34. The normalized spacial score (nSPS) is 12.9.